The van der Waals surface area contributed by atoms with Crippen molar-refractivity contribution in [3.8, 4) is 23.0 Å². The van der Waals surface area contributed by atoms with Crippen molar-refractivity contribution in [1.29, 1.82) is 0 Å². The predicted molar refractivity (Wildman–Crippen MR) is 254 cm³/mol. The zero-order valence-electron chi connectivity index (χ0n) is 37.6. The maximum absolute atomic E-state index is 13.5. The van der Waals surface area contributed by atoms with Crippen LogP contribution in [0.25, 0.3) is 10.2 Å². The van der Waals surface area contributed by atoms with Crippen molar-refractivity contribution in [2.45, 2.75) is 76.8 Å². The molecule has 5 rings (SSSR count). The van der Waals surface area contributed by atoms with Gasteiger partial charge in [-0.05, 0) is 143 Å². The molecule has 68 heavy (non-hydrogen) atoms. The minimum atomic E-state index is -4.30. The van der Waals surface area contributed by atoms with E-state index < -0.39 is 36.5 Å². The number of halogens is 3. The molecule has 0 spiro atoms. The molecule has 0 aliphatic rings. The number of ether oxygens (including phenoxy) is 6. The number of benzene rings is 4. The fourth-order valence-electron chi connectivity index (χ4n) is 6.33. The van der Waals surface area contributed by atoms with Gasteiger partial charge in [0.1, 0.15) is 23.0 Å². The number of para-hydroxylation sites is 1. The molecule has 0 amide bonds. The van der Waals surface area contributed by atoms with Gasteiger partial charge in [0.15, 0.2) is 0 Å². The van der Waals surface area contributed by atoms with E-state index >= 15 is 0 Å². The highest BCUT2D eigenvalue weighted by Crippen LogP contribution is 2.31. The number of unbranched alkanes of at least 4 members (excludes halogenated alkanes) is 7. The third kappa shape index (κ3) is 18.3. The first kappa shape index (κ1) is 52.0. The fraction of sp³-hybridized carbons (Fsp3) is 0.333. The minimum absolute atomic E-state index is 0.0667. The first-order chi connectivity index (χ1) is 32.9. The molecule has 0 radical (unpaired) electrons. The lowest BCUT2D eigenvalue weighted by Gasteiger charge is -2.16. The quantitative estimate of drug-likeness (QED) is 0.0112. The lowest BCUT2D eigenvalue weighted by molar-refractivity contribution is -0.138. The molecule has 360 valence electrons. The molecule has 5 aromatic rings. The number of esters is 4. The number of nitrogens with zero attached hydrogens (tertiary/aromatic N) is 3. The average Bonchev–Trinajstić information content (AvgIpc) is 3.77. The summed E-state index contributed by atoms with van der Waals surface area (Å²) in [5, 5.41) is 6.57. The SMILES string of the molecule is C=CC(=O)OCCCCCCOc1ccc(C(=O)Oc2ccc(OC(=O)c3ccc(OCCCCCCOC(=O)C=C)cc3)c(/C=N/N(CCCCC(F)(F)F)c3nc4ccccc4s3)c2)cc1. The van der Waals surface area contributed by atoms with Crippen molar-refractivity contribution in [3.05, 3.63) is 133 Å². The van der Waals surface area contributed by atoms with Gasteiger partial charge in [-0.1, -0.05) is 36.6 Å². The molecule has 13 nitrogen and oxygen atoms in total. The molecule has 0 bridgehead atoms. The van der Waals surface area contributed by atoms with Gasteiger partial charge in [-0.2, -0.15) is 18.3 Å². The Hall–Kier alpha value is -7.01. The van der Waals surface area contributed by atoms with Crippen LogP contribution in [0.3, 0.4) is 0 Å². The van der Waals surface area contributed by atoms with E-state index in [1.54, 1.807) is 48.5 Å². The van der Waals surface area contributed by atoms with Gasteiger partial charge in [0.25, 0.3) is 0 Å². The molecule has 17 heteroatoms. The van der Waals surface area contributed by atoms with E-state index in [-0.39, 0.29) is 47.6 Å². The number of carbonyl (C=O) groups excluding carboxylic acids is 4. The van der Waals surface area contributed by atoms with E-state index in [0.717, 1.165) is 68.2 Å². The molecule has 0 unspecified atom stereocenters. The lowest BCUT2D eigenvalue weighted by Crippen LogP contribution is -2.19. The van der Waals surface area contributed by atoms with Crippen LogP contribution >= 0.6 is 11.3 Å². The van der Waals surface area contributed by atoms with Gasteiger partial charge in [0, 0.05) is 30.7 Å². The Morgan fingerprint density at radius 3 is 1.71 bits per heavy atom. The molecule has 4 aromatic carbocycles. The molecular formula is C51H54F3N3O10S. The Morgan fingerprint density at radius 1 is 0.632 bits per heavy atom. The molecular weight excluding hydrogens is 904 g/mol. The molecule has 0 aliphatic heterocycles. The highest BCUT2D eigenvalue weighted by Gasteiger charge is 2.26. The van der Waals surface area contributed by atoms with Crippen LogP contribution in [-0.4, -0.2) is 74.2 Å². The van der Waals surface area contributed by atoms with Crippen LogP contribution in [0.5, 0.6) is 23.0 Å². The van der Waals surface area contributed by atoms with Gasteiger partial charge in [-0.3, -0.25) is 0 Å². The topological polar surface area (TPSA) is 152 Å². The smallest absolute Gasteiger partial charge is 0.389 e. The predicted octanol–water partition coefficient (Wildman–Crippen LogP) is 11.6. The summed E-state index contributed by atoms with van der Waals surface area (Å²) in [6, 6.07) is 24.7. The maximum atomic E-state index is 13.5. The van der Waals surface area contributed by atoms with Crippen molar-refractivity contribution in [3.63, 3.8) is 0 Å². The van der Waals surface area contributed by atoms with E-state index in [1.807, 2.05) is 24.3 Å². The molecule has 0 saturated heterocycles. The summed E-state index contributed by atoms with van der Waals surface area (Å²) in [5.74, 6) is -0.955. The highest BCUT2D eigenvalue weighted by atomic mass is 32.1. The summed E-state index contributed by atoms with van der Waals surface area (Å²) in [6.45, 7) is 8.43. The monoisotopic (exact) mass is 957 g/mol. The largest absolute Gasteiger partial charge is 0.494 e. The molecule has 1 heterocycles. The van der Waals surface area contributed by atoms with Crippen LogP contribution in [-0.2, 0) is 19.1 Å². The number of fused-ring (bicyclic) bond motifs is 1. The van der Waals surface area contributed by atoms with E-state index in [9.17, 15) is 32.3 Å². The number of alkyl halides is 3. The number of carbonyl (C=O) groups is 4. The van der Waals surface area contributed by atoms with Crippen LogP contribution in [0, 0.1) is 0 Å². The van der Waals surface area contributed by atoms with Crippen molar-refractivity contribution >= 4 is 56.8 Å². The summed E-state index contributed by atoms with van der Waals surface area (Å²) in [6.07, 6.45) is 4.96. The second kappa shape index (κ2) is 27.6. The first-order valence-electron chi connectivity index (χ1n) is 22.3. The molecule has 0 atom stereocenters. The second-order valence-corrected chi connectivity index (χ2v) is 16.2. The third-order valence-corrected chi connectivity index (χ3v) is 11.0. The molecule has 0 N–H and O–H groups in total. The molecule has 0 saturated carbocycles. The van der Waals surface area contributed by atoms with E-state index in [2.05, 4.69) is 23.2 Å². The van der Waals surface area contributed by atoms with Crippen LogP contribution in [0.4, 0.5) is 18.3 Å². The van der Waals surface area contributed by atoms with Gasteiger partial charge < -0.3 is 28.4 Å². The van der Waals surface area contributed by atoms with E-state index in [1.165, 1.54) is 40.8 Å². The van der Waals surface area contributed by atoms with Crippen LogP contribution in [0.1, 0.15) is 96.9 Å². The number of aromatic nitrogens is 1. The maximum Gasteiger partial charge on any atom is 0.389 e. The molecule has 0 aliphatic carbocycles. The van der Waals surface area contributed by atoms with Crippen molar-refractivity contribution in [2.24, 2.45) is 5.10 Å². The Balaban J connectivity index is 1.26. The fourth-order valence-corrected chi connectivity index (χ4v) is 7.28. The zero-order valence-corrected chi connectivity index (χ0v) is 38.4. The van der Waals surface area contributed by atoms with Crippen molar-refractivity contribution < 1.29 is 60.8 Å². The second-order valence-electron chi connectivity index (χ2n) is 15.2. The van der Waals surface area contributed by atoms with Crippen molar-refractivity contribution in [2.75, 3.05) is 38.0 Å². The number of rotatable bonds is 29. The van der Waals surface area contributed by atoms with Crippen LogP contribution < -0.4 is 24.0 Å². The summed E-state index contributed by atoms with van der Waals surface area (Å²) in [4.78, 5) is 53.8. The Kier molecular flexibility index (Phi) is 21.1. The van der Waals surface area contributed by atoms with E-state index in [0.29, 0.717) is 48.6 Å². The van der Waals surface area contributed by atoms with Gasteiger partial charge >= 0.3 is 30.1 Å². The summed E-state index contributed by atoms with van der Waals surface area (Å²) in [7, 11) is 0. The standard InChI is InChI=1S/C51H54F3N3O10S/c1-3-46(58)64-33-15-7-5-13-31-62-40-23-19-37(20-24-40)48(60)66-42-27-28-44(67-49(61)38-21-25-41(26-22-38)63-32-14-6-8-16-34-65-47(59)4-2)39(35-42)36-55-57(30-12-11-29-51(52,53)54)50-56-43-17-9-10-18-45(43)68-50/h3-4,9-10,17-28,35-36H,1-2,5-8,11-16,29-34H2/b55-36+. The average molecular weight is 958 g/mol. The highest BCUT2D eigenvalue weighted by molar-refractivity contribution is 7.22. The number of anilines is 1. The summed E-state index contributed by atoms with van der Waals surface area (Å²) >= 11 is 1.32. The van der Waals surface area contributed by atoms with Gasteiger partial charge in [0.2, 0.25) is 5.13 Å². The van der Waals surface area contributed by atoms with Crippen molar-refractivity contribution in [1.82, 2.24) is 4.98 Å². The first-order valence-corrected chi connectivity index (χ1v) is 23.1. The molecule has 1 aromatic heterocycles. The normalized spacial score (nSPS) is 11.2. The number of hydrazone groups is 1. The van der Waals surface area contributed by atoms with Gasteiger partial charge in [-0.25, -0.2) is 29.2 Å². The lowest BCUT2D eigenvalue weighted by atomic mass is 10.2. The van der Waals surface area contributed by atoms with Gasteiger partial charge in [-0.15, -0.1) is 0 Å². The van der Waals surface area contributed by atoms with Crippen LogP contribution in [0.2, 0.25) is 0 Å². The summed E-state index contributed by atoms with van der Waals surface area (Å²) < 4.78 is 73.2. The number of hydrogen-bond acceptors (Lipinski definition) is 14. The summed E-state index contributed by atoms with van der Waals surface area (Å²) in [5.41, 5.74) is 1.39. The van der Waals surface area contributed by atoms with Crippen LogP contribution in [0.15, 0.2) is 121 Å². The third-order valence-electron chi connectivity index (χ3n) is 9.93. The van der Waals surface area contributed by atoms with Gasteiger partial charge in [0.05, 0.1) is 54.0 Å². The zero-order chi connectivity index (χ0) is 48.6. The number of hydrogen-bond donors (Lipinski definition) is 0. The Morgan fingerprint density at radius 2 is 1.16 bits per heavy atom. The molecule has 0 fully saturated rings. The Bertz CT molecular complexity index is 2420. The Labute approximate surface area is 397 Å². The number of thiazole rings is 1. The minimum Gasteiger partial charge on any atom is -0.494 e. The van der Waals surface area contributed by atoms with E-state index in [4.69, 9.17) is 28.4 Å².